The van der Waals surface area contributed by atoms with E-state index < -0.39 is 0 Å². The SMILES string of the molecule is C1=CC2=CC3=C4C(=CC=C5CC=CC2(C=C1)C54)C=CC3. The Balaban J connectivity index is 1.87. The molecule has 0 amide bonds. The minimum Gasteiger partial charge on any atom is -0.0832 e. The van der Waals surface area contributed by atoms with Gasteiger partial charge in [0.2, 0.25) is 0 Å². The predicted molar refractivity (Wildman–Crippen MR) is 83.0 cm³/mol. The van der Waals surface area contributed by atoms with E-state index >= 15 is 0 Å². The summed E-state index contributed by atoms with van der Waals surface area (Å²) in [6.07, 6.45) is 27.8. The number of hydrogen-bond acceptors (Lipinski definition) is 0. The maximum absolute atomic E-state index is 2.44. The van der Waals surface area contributed by atoms with Gasteiger partial charge in [0.05, 0.1) is 0 Å². The van der Waals surface area contributed by atoms with E-state index in [9.17, 15) is 0 Å². The van der Waals surface area contributed by atoms with Crippen LogP contribution in [0.5, 0.6) is 0 Å². The second kappa shape index (κ2) is 3.52. The molecule has 20 heavy (non-hydrogen) atoms. The molecule has 5 aliphatic carbocycles. The lowest BCUT2D eigenvalue weighted by molar-refractivity contribution is 0.429. The Bertz CT molecular complexity index is 756. The zero-order valence-electron chi connectivity index (χ0n) is 11.3. The average molecular weight is 256 g/mol. The molecule has 0 saturated carbocycles. The summed E-state index contributed by atoms with van der Waals surface area (Å²) in [5.41, 5.74) is 7.63. The third-order valence-corrected chi connectivity index (χ3v) is 5.24. The van der Waals surface area contributed by atoms with Crippen molar-refractivity contribution in [3.8, 4) is 0 Å². The minimum absolute atomic E-state index is 0.0718. The molecule has 2 unspecified atom stereocenters. The van der Waals surface area contributed by atoms with E-state index in [4.69, 9.17) is 0 Å². The molecule has 5 rings (SSSR count). The molecule has 0 aromatic carbocycles. The molecule has 0 bridgehead atoms. The molecule has 0 aliphatic heterocycles. The van der Waals surface area contributed by atoms with Gasteiger partial charge in [0.25, 0.3) is 0 Å². The van der Waals surface area contributed by atoms with Gasteiger partial charge in [-0.3, -0.25) is 0 Å². The first-order valence-electron chi connectivity index (χ1n) is 7.45. The van der Waals surface area contributed by atoms with Gasteiger partial charge < -0.3 is 0 Å². The molecule has 0 N–H and O–H groups in total. The molecule has 0 nitrogen and oxygen atoms in total. The van der Waals surface area contributed by atoms with Crippen LogP contribution in [0.1, 0.15) is 12.8 Å². The molecule has 0 radical (unpaired) electrons. The van der Waals surface area contributed by atoms with Gasteiger partial charge in [-0.25, -0.2) is 0 Å². The molecule has 0 saturated heterocycles. The summed E-state index contributed by atoms with van der Waals surface area (Å²) >= 11 is 0. The van der Waals surface area contributed by atoms with Crippen molar-refractivity contribution in [3.05, 3.63) is 94.7 Å². The minimum atomic E-state index is 0.0718. The lowest BCUT2D eigenvalue weighted by atomic mass is 9.54. The van der Waals surface area contributed by atoms with Crippen molar-refractivity contribution in [2.75, 3.05) is 0 Å². The monoisotopic (exact) mass is 256 g/mol. The average Bonchev–Trinajstić information content (AvgIpc) is 2.50. The Morgan fingerprint density at radius 2 is 1.95 bits per heavy atom. The highest BCUT2D eigenvalue weighted by Gasteiger charge is 2.47. The van der Waals surface area contributed by atoms with Crippen LogP contribution in [0.2, 0.25) is 0 Å². The summed E-state index contributed by atoms with van der Waals surface area (Å²) in [6.45, 7) is 0. The van der Waals surface area contributed by atoms with Gasteiger partial charge >= 0.3 is 0 Å². The molecule has 0 heterocycles. The summed E-state index contributed by atoms with van der Waals surface area (Å²) in [6, 6.07) is 0. The van der Waals surface area contributed by atoms with Gasteiger partial charge in [-0.15, -0.1) is 0 Å². The molecule has 0 aromatic heterocycles. The Morgan fingerprint density at radius 3 is 2.95 bits per heavy atom. The van der Waals surface area contributed by atoms with Crippen LogP contribution >= 0.6 is 0 Å². The van der Waals surface area contributed by atoms with Gasteiger partial charge in [0.1, 0.15) is 0 Å². The largest absolute Gasteiger partial charge is 0.0832 e. The molecular formula is C20H16. The molecule has 1 spiro atoms. The molecule has 0 heteroatoms. The maximum Gasteiger partial charge on any atom is 0.0421 e. The van der Waals surface area contributed by atoms with Crippen LogP contribution in [-0.4, -0.2) is 0 Å². The highest BCUT2D eigenvalue weighted by Crippen LogP contribution is 2.58. The summed E-state index contributed by atoms with van der Waals surface area (Å²) in [7, 11) is 0. The van der Waals surface area contributed by atoms with Crippen LogP contribution in [-0.2, 0) is 0 Å². The Kier molecular flexibility index (Phi) is 1.88. The van der Waals surface area contributed by atoms with E-state index in [0.717, 1.165) is 12.8 Å². The standard InChI is InChI=1S/C20H16/c1-2-11-20-12-4-7-15-10-9-14-5-3-6-16(13-17(20)8-1)18(14)19(15)20/h1-5,8-13,19H,6-7H2. The first kappa shape index (κ1) is 10.7. The summed E-state index contributed by atoms with van der Waals surface area (Å²) in [5, 5.41) is 0. The third kappa shape index (κ3) is 1.13. The van der Waals surface area contributed by atoms with Crippen molar-refractivity contribution in [1.82, 2.24) is 0 Å². The molecule has 0 fully saturated rings. The molecular weight excluding hydrogens is 240 g/mol. The van der Waals surface area contributed by atoms with Crippen molar-refractivity contribution >= 4 is 0 Å². The lowest BCUT2D eigenvalue weighted by Gasteiger charge is -2.49. The van der Waals surface area contributed by atoms with Crippen molar-refractivity contribution in [1.29, 1.82) is 0 Å². The van der Waals surface area contributed by atoms with E-state index in [-0.39, 0.29) is 5.41 Å². The van der Waals surface area contributed by atoms with Gasteiger partial charge in [0, 0.05) is 11.3 Å². The number of rotatable bonds is 0. The van der Waals surface area contributed by atoms with Crippen molar-refractivity contribution in [2.24, 2.45) is 11.3 Å². The molecule has 96 valence electrons. The molecule has 5 aliphatic rings. The van der Waals surface area contributed by atoms with E-state index in [1.807, 2.05) is 0 Å². The highest BCUT2D eigenvalue weighted by molar-refractivity contribution is 5.67. The van der Waals surface area contributed by atoms with E-state index in [1.54, 1.807) is 11.1 Å². The number of hydrogen-bond donors (Lipinski definition) is 0. The van der Waals surface area contributed by atoms with Gasteiger partial charge in [0.15, 0.2) is 0 Å². The normalized spacial score (nSPS) is 35.2. The second-order valence-electron chi connectivity index (χ2n) is 6.20. The number of allylic oxidation sites excluding steroid dienone is 16. The van der Waals surface area contributed by atoms with Crippen LogP contribution in [0.4, 0.5) is 0 Å². The van der Waals surface area contributed by atoms with Gasteiger partial charge in [-0.2, -0.15) is 0 Å². The fraction of sp³-hybridized carbons (Fsp3) is 0.200. The van der Waals surface area contributed by atoms with Crippen molar-refractivity contribution < 1.29 is 0 Å². The first-order chi connectivity index (χ1) is 9.88. The van der Waals surface area contributed by atoms with Gasteiger partial charge in [-0.05, 0) is 35.1 Å². The van der Waals surface area contributed by atoms with Crippen LogP contribution < -0.4 is 0 Å². The van der Waals surface area contributed by atoms with Crippen LogP contribution in [0.25, 0.3) is 0 Å². The Labute approximate surface area is 119 Å². The van der Waals surface area contributed by atoms with Crippen molar-refractivity contribution in [3.63, 3.8) is 0 Å². The molecule has 0 aromatic rings. The predicted octanol–water partition coefficient (Wildman–Crippen LogP) is 4.74. The van der Waals surface area contributed by atoms with Crippen LogP contribution in [0.15, 0.2) is 94.7 Å². The Morgan fingerprint density at radius 1 is 0.950 bits per heavy atom. The smallest absolute Gasteiger partial charge is 0.0421 e. The summed E-state index contributed by atoms with van der Waals surface area (Å²) in [5.74, 6) is 0.522. The zero-order valence-corrected chi connectivity index (χ0v) is 11.3. The third-order valence-electron chi connectivity index (χ3n) is 5.24. The summed E-state index contributed by atoms with van der Waals surface area (Å²) < 4.78 is 0. The van der Waals surface area contributed by atoms with Crippen LogP contribution in [0, 0.1) is 11.3 Å². The zero-order chi connectivity index (χ0) is 13.2. The lowest BCUT2D eigenvalue weighted by Crippen LogP contribution is -2.38. The first-order valence-corrected chi connectivity index (χ1v) is 7.45. The van der Waals surface area contributed by atoms with E-state index in [1.165, 1.54) is 16.7 Å². The maximum atomic E-state index is 2.44. The van der Waals surface area contributed by atoms with Crippen LogP contribution in [0.3, 0.4) is 0 Å². The quantitative estimate of drug-likeness (QED) is 0.549. The van der Waals surface area contributed by atoms with E-state index in [2.05, 4.69) is 66.8 Å². The fourth-order valence-electron chi connectivity index (χ4n) is 4.42. The van der Waals surface area contributed by atoms with E-state index in [0.29, 0.717) is 5.92 Å². The molecule has 2 atom stereocenters. The van der Waals surface area contributed by atoms with Crippen molar-refractivity contribution in [2.45, 2.75) is 12.8 Å². The Hall–Kier alpha value is -2.08. The topological polar surface area (TPSA) is 0 Å². The van der Waals surface area contributed by atoms with Gasteiger partial charge in [-0.1, -0.05) is 72.4 Å². The highest BCUT2D eigenvalue weighted by atomic mass is 14.5. The second-order valence-corrected chi connectivity index (χ2v) is 6.20. The fourth-order valence-corrected chi connectivity index (χ4v) is 4.42. The summed E-state index contributed by atoms with van der Waals surface area (Å²) in [4.78, 5) is 0.